The molecule has 182 valence electrons. The van der Waals surface area contributed by atoms with Crippen molar-refractivity contribution in [1.82, 2.24) is 9.21 Å². The van der Waals surface area contributed by atoms with Crippen LogP contribution in [0.3, 0.4) is 0 Å². The summed E-state index contributed by atoms with van der Waals surface area (Å²) in [5.74, 6) is 0.151. The Bertz CT molecular complexity index is 1210. The molecule has 1 amide bonds. The minimum absolute atomic E-state index is 0.0606. The SMILES string of the molecule is CC1(C)CC2(CCN(CC(=O)N3CCc4ccccc43)CC2)CN1S(=O)(=O)c1cccc(Cl)c1. The molecule has 1 spiro atoms. The van der Waals surface area contributed by atoms with Gasteiger partial charge >= 0.3 is 0 Å². The van der Waals surface area contributed by atoms with Crippen LogP contribution in [-0.4, -0.2) is 61.8 Å². The van der Waals surface area contributed by atoms with E-state index in [1.807, 2.05) is 36.9 Å². The number of nitrogens with zero attached hydrogens (tertiary/aromatic N) is 3. The Morgan fingerprint density at radius 1 is 1.03 bits per heavy atom. The van der Waals surface area contributed by atoms with Gasteiger partial charge in [0.2, 0.25) is 15.9 Å². The number of halogens is 1. The minimum atomic E-state index is -3.64. The second kappa shape index (κ2) is 8.63. The van der Waals surface area contributed by atoms with Gasteiger partial charge in [-0.3, -0.25) is 9.69 Å². The highest BCUT2D eigenvalue weighted by Crippen LogP contribution is 2.50. The molecule has 0 saturated carbocycles. The highest BCUT2D eigenvalue weighted by Gasteiger charge is 2.53. The molecule has 0 N–H and O–H groups in total. The number of fused-ring (bicyclic) bond motifs is 1. The van der Waals surface area contributed by atoms with E-state index < -0.39 is 15.6 Å². The molecule has 34 heavy (non-hydrogen) atoms. The highest BCUT2D eigenvalue weighted by molar-refractivity contribution is 7.89. The number of rotatable bonds is 4. The van der Waals surface area contributed by atoms with Gasteiger partial charge in [-0.1, -0.05) is 35.9 Å². The Morgan fingerprint density at radius 3 is 2.50 bits per heavy atom. The van der Waals surface area contributed by atoms with E-state index >= 15 is 0 Å². The van der Waals surface area contributed by atoms with Crippen LogP contribution in [0.4, 0.5) is 5.69 Å². The third-order valence-corrected chi connectivity index (χ3v) is 10.1. The summed E-state index contributed by atoms with van der Waals surface area (Å²) in [7, 11) is -3.64. The van der Waals surface area contributed by atoms with Crippen LogP contribution in [-0.2, 0) is 21.2 Å². The number of amides is 1. The lowest BCUT2D eigenvalue weighted by Gasteiger charge is -2.39. The summed E-state index contributed by atoms with van der Waals surface area (Å²) < 4.78 is 28.7. The maximum Gasteiger partial charge on any atom is 0.243 e. The molecule has 3 aliphatic heterocycles. The lowest BCUT2D eigenvalue weighted by Crippen LogP contribution is -2.46. The third kappa shape index (κ3) is 4.28. The number of likely N-dealkylation sites (tertiary alicyclic amines) is 1. The average molecular weight is 502 g/mol. The van der Waals surface area contributed by atoms with Gasteiger partial charge in [0.25, 0.3) is 0 Å². The van der Waals surface area contributed by atoms with Crippen LogP contribution < -0.4 is 4.90 Å². The van der Waals surface area contributed by atoms with Crippen molar-refractivity contribution in [2.75, 3.05) is 37.6 Å². The van der Waals surface area contributed by atoms with Gasteiger partial charge in [-0.2, -0.15) is 4.31 Å². The number of carbonyl (C=O) groups excluding carboxylic acids is 1. The zero-order valence-electron chi connectivity index (χ0n) is 19.8. The molecule has 0 atom stereocenters. The van der Waals surface area contributed by atoms with Crippen molar-refractivity contribution in [2.45, 2.75) is 50.0 Å². The van der Waals surface area contributed by atoms with E-state index in [0.29, 0.717) is 18.1 Å². The molecular formula is C26H32ClN3O3S. The average Bonchev–Trinajstić information content (AvgIpc) is 3.34. The second-order valence-electron chi connectivity index (χ2n) is 10.7. The number of anilines is 1. The van der Waals surface area contributed by atoms with Gasteiger partial charge in [0, 0.05) is 29.3 Å². The summed E-state index contributed by atoms with van der Waals surface area (Å²) in [4.78, 5) is 17.4. The van der Waals surface area contributed by atoms with E-state index in [1.165, 1.54) is 11.6 Å². The molecule has 3 heterocycles. The van der Waals surface area contributed by atoms with Gasteiger partial charge in [0.1, 0.15) is 0 Å². The van der Waals surface area contributed by atoms with Crippen molar-refractivity contribution in [2.24, 2.45) is 5.41 Å². The molecule has 2 aromatic carbocycles. The zero-order valence-corrected chi connectivity index (χ0v) is 21.4. The lowest BCUT2D eigenvalue weighted by molar-refractivity contribution is -0.120. The number of benzene rings is 2. The number of hydrogen-bond donors (Lipinski definition) is 0. The van der Waals surface area contributed by atoms with Crippen LogP contribution >= 0.6 is 11.6 Å². The monoisotopic (exact) mass is 501 g/mol. The third-order valence-electron chi connectivity index (χ3n) is 7.81. The Hall–Kier alpha value is -1.93. The number of piperidine rings is 1. The van der Waals surface area contributed by atoms with Crippen LogP contribution in [0.2, 0.25) is 5.02 Å². The van der Waals surface area contributed by atoms with E-state index in [4.69, 9.17) is 11.6 Å². The van der Waals surface area contributed by atoms with Crippen molar-refractivity contribution in [1.29, 1.82) is 0 Å². The standard InChI is InChI=1S/C26H32ClN3O3S/c1-25(2)18-26(19-30(25)34(32,33)22-8-5-7-21(27)16-22)11-14-28(15-12-26)17-24(31)29-13-10-20-6-3-4-9-23(20)29/h3-9,16H,10-15,17-19H2,1-2H3. The molecular weight excluding hydrogens is 470 g/mol. The lowest BCUT2D eigenvalue weighted by atomic mass is 9.74. The number of hydrogen-bond acceptors (Lipinski definition) is 4. The molecule has 5 rings (SSSR count). The Kier molecular flexibility index (Phi) is 6.04. The summed E-state index contributed by atoms with van der Waals surface area (Å²) in [6.07, 6.45) is 3.52. The van der Waals surface area contributed by atoms with Gasteiger partial charge in [-0.25, -0.2) is 8.42 Å². The number of carbonyl (C=O) groups is 1. The maximum absolute atomic E-state index is 13.5. The van der Waals surface area contributed by atoms with Crippen LogP contribution in [0.5, 0.6) is 0 Å². The van der Waals surface area contributed by atoms with E-state index in [-0.39, 0.29) is 16.2 Å². The topological polar surface area (TPSA) is 60.9 Å². The molecule has 2 fully saturated rings. The van der Waals surface area contributed by atoms with Gasteiger partial charge in [0.15, 0.2) is 0 Å². The first-order valence-corrected chi connectivity index (χ1v) is 13.8. The molecule has 0 aromatic heterocycles. The molecule has 2 saturated heterocycles. The first-order valence-electron chi connectivity index (χ1n) is 12.0. The van der Waals surface area contributed by atoms with Crippen LogP contribution in [0, 0.1) is 5.41 Å². The summed E-state index contributed by atoms with van der Waals surface area (Å²) in [5.41, 5.74) is 1.75. The van der Waals surface area contributed by atoms with Crippen molar-refractivity contribution < 1.29 is 13.2 Å². The van der Waals surface area contributed by atoms with Crippen LogP contribution in [0.25, 0.3) is 0 Å². The number of sulfonamides is 1. The van der Waals surface area contributed by atoms with Crippen LogP contribution in [0.15, 0.2) is 53.4 Å². The predicted molar refractivity (Wildman–Crippen MR) is 135 cm³/mol. The Morgan fingerprint density at radius 2 is 1.76 bits per heavy atom. The molecule has 2 aromatic rings. The first kappa shape index (κ1) is 23.8. The highest BCUT2D eigenvalue weighted by atomic mass is 35.5. The maximum atomic E-state index is 13.5. The molecule has 0 aliphatic carbocycles. The normalized spacial score (nSPS) is 22.3. The molecule has 3 aliphatic rings. The van der Waals surface area contributed by atoms with E-state index in [9.17, 15) is 13.2 Å². The van der Waals surface area contributed by atoms with Crippen molar-refractivity contribution in [3.63, 3.8) is 0 Å². The molecule has 6 nitrogen and oxygen atoms in total. The summed E-state index contributed by atoms with van der Waals surface area (Å²) in [5, 5.41) is 0.423. The van der Waals surface area contributed by atoms with Crippen molar-refractivity contribution in [3.05, 3.63) is 59.1 Å². The van der Waals surface area contributed by atoms with E-state index in [0.717, 1.165) is 51.0 Å². The summed E-state index contributed by atoms with van der Waals surface area (Å²) in [6.45, 7) is 7.33. The smallest absolute Gasteiger partial charge is 0.243 e. The van der Waals surface area contributed by atoms with Gasteiger partial charge < -0.3 is 4.90 Å². The fraction of sp³-hybridized carbons (Fsp3) is 0.500. The largest absolute Gasteiger partial charge is 0.311 e. The summed E-state index contributed by atoms with van der Waals surface area (Å²) in [6, 6.07) is 14.7. The van der Waals surface area contributed by atoms with Gasteiger partial charge in [0.05, 0.1) is 11.4 Å². The molecule has 8 heteroatoms. The van der Waals surface area contributed by atoms with E-state index in [2.05, 4.69) is 11.0 Å². The number of para-hydroxylation sites is 1. The first-order chi connectivity index (χ1) is 16.1. The predicted octanol–water partition coefficient (Wildman–Crippen LogP) is 4.18. The fourth-order valence-corrected chi connectivity index (χ4v) is 8.33. The second-order valence-corrected chi connectivity index (χ2v) is 13.0. The molecule has 0 unspecified atom stereocenters. The van der Waals surface area contributed by atoms with Crippen LogP contribution in [0.1, 0.15) is 38.7 Å². The zero-order chi connectivity index (χ0) is 24.1. The fourth-order valence-electron chi connectivity index (χ4n) is 6.14. The van der Waals surface area contributed by atoms with Gasteiger partial charge in [-0.05, 0) is 87.9 Å². The van der Waals surface area contributed by atoms with Gasteiger partial charge in [-0.15, -0.1) is 0 Å². The van der Waals surface area contributed by atoms with E-state index in [1.54, 1.807) is 22.5 Å². The molecule has 0 bridgehead atoms. The Labute approximate surface area is 207 Å². The van der Waals surface area contributed by atoms with Crippen molar-refractivity contribution >= 4 is 33.2 Å². The Balaban J connectivity index is 1.25. The molecule has 0 radical (unpaired) electrons. The van der Waals surface area contributed by atoms with Crippen molar-refractivity contribution in [3.8, 4) is 0 Å². The quantitative estimate of drug-likeness (QED) is 0.630. The summed E-state index contributed by atoms with van der Waals surface area (Å²) >= 11 is 6.08. The minimum Gasteiger partial charge on any atom is -0.311 e.